The molecule has 0 bridgehead atoms. The van der Waals surface area contributed by atoms with E-state index in [1.165, 1.54) is 0 Å². The van der Waals surface area contributed by atoms with Gasteiger partial charge in [0.25, 0.3) is 0 Å². The van der Waals surface area contributed by atoms with Crippen molar-refractivity contribution in [3.63, 3.8) is 0 Å². The minimum absolute atomic E-state index is 0.0867. The zero-order valence-electron chi connectivity index (χ0n) is 12.6. The van der Waals surface area contributed by atoms with Crippen molar-refractivity contribution in [2.24, 2.45) is 11.7 Å². The van der Waals surface area contributed by atoms with Crippen LogP contribution >= 0.6 is 15.9 Å². The SMILES string of the molecule is Cc1ccc(Br)cc1NC(=O)CNC(=O)[C@@H](N)CC(C)C. The quantitative estimate of drug-likeness (QED) is 0.731. The standard InChI is InChI=1S/C15H22BrN3O2/c1-9(2)6-12(17)15(21)18-8-14(20)19-13-7-11(16)5-4-10(13)3/h4-5,7,9,12H,6,8,17H2,1-3H3,(H,18,21)(H,19,20)/t12-/m0/s1. The van der Waals surface area contributed by atoms with Gasteiger partial charge in [-0.2, -0.15) is 0 Å². The van der Waals surface area contributed by atoms with Crippen LogP contribution in [0.15, 0.2) is 22.7 Å². The lowest BCUT2D eigenvalue weighted by Crippen LogP contribution is -2.44. The zero-order valence-corrected chi connectivity index (χ0v) is 14.2. The third-order valence-corrected chi connectivity index (χ3v) is 3.45. The summed E-state index contributed by atoms with van der Waals surface area (Å²) in [6, 6.07) is 5.04. The summed E-state index contributed by atoms with van der Waals surface area (Å²) >= 11 is 3.35. The summed E-state index contributed by atoms with van der Waals surface area (Å²) in [6.45, 7) is 5.81. The Morgan fingerprint density at radius 3 is 2.62 bits per heavy atom. The van der Waals surface area contributed by atoms with E-state index in [1.807, 2.05) is 39.0 Å². The Kier molecular flexibility index (Phi) is 6.84. The van der Waals surface area contributed by atoms with Crippen LogP contribution in [0, 0.1) is 12.8 Å². The number of carbonyl (C=O) groups is 2. The highest BCUT2D eigenvalue weighted by Gasteiger charge is 2.15. The van der Waals surface area contributed by atoms with E-state index in [0.717, 1.165) is 15.7 Å². The summed E-state index contributed by atoms with van der Waals surface area (Å²) in [7, 11) is 0. The molecule has 0 aromatic heterocycles. The van der Waals surface area contributed by atoms with Crippen LogP contribution < -0.4 is 16.4 Å². The summed E-state index contributed by atoms with van der Waals surface area (Å²) in [4.78, 5) is 23.6. The summed E-state index contributed by atoms with van der Waals surface area (Å²) in [5.74, 6) is -0.241. The van der Waals surface area contributed by atoms with Gasteiger partial charge in [-0.25, -0.2) is 0 Å². The zero-order chi connectivity index (χ0) is 16.0. The van der Waals surface area contributed by atoms with Crippen LogP contribution in [0.3, 0.4) is 0 Å². The van der Waals surface area contributed by atoms with Gasteiger partial charge in [-0.1, -0.05) is 35.8 Å². The van der Waals surface area contributed by atoms with Crippen LogP contribution in [-0.4, -0.2) is 24.4 Å². The molecule has 1 atom stereocenters. The van der Waals surface area contributed by atoms with E-state index in [1.54, 1.807) is 0 Å². The molecule has 0 saturated carbocycles. The number of halogens is 1. The molecule has 1 rings (SSSR count). The number of benzene rings is 1. The maximum atomic E-state index is 11.8. The molecule has 0 radical (unpaired) electrons. The third kappa shape index (κ3) is 6.27. The Bertz CT molecular complexity index is 518. The van der Waals surface area contributed by atoms with Crippen LogP contribution in [0.5, 0.6) is 0 Å². The molecule has 2 amide bonds. The van der Waals surface area contributed by atoms with E-state index in [-0.39, 0.29) is 18.4 Å². The molecule has 116 valence electrons. The van der Waals surface area contributed by atoms with E-state index >= 15 is 0 Å². The van der Waals surface area contributed by atoms with Crippen molar-refractivity contribution >= 4 is 33.4 Å². The Labute approximate surface area is 133 Å². The molecular weight excluding hydrogens is 334 g/mol. The normalized spacial score (nSPS) is 12.1. The van der Waals surface area contributed by atoms with Crippen LogP contribution in [-0.2, 0) is 9.59 Å². The number of hydrogen-bond acceptors (Lipinski definition) is 3. The Balaban J connectivity index is 2.47. The Morgan fingerprint density at radius 1 is 1.33 bits per heavy atom. The van der Waals surface area contributed by atoms with E-state index in [0.29, 0.717) is 12.3 Å². The minimum Gasteiger partial charge on any atom is -0.346 e. The predicted octanol–water partition coefficient (Wildman–Crippen LogP) is 2.19. The molecule has 0 aliphatic carbocycles. The number of hydrogen-bond donors (Lipinski definition) is 3. The van der Waals surface area contributed by atoms with Gasteiger partial charge in [0, 0.05) is 10.2 Å². The number of amides is 2. The molecule has 0 saturated heterocycles. The second-order valence-electron chi connectivity index (χ2n) is 5.46. The molecule has 0 heterocycles. The number of rotatable bonds is 6. The fraction of sp³-hybridized carbons (Fsp3) is 0.467. The molecular formula is C15H22BrN3O2. The van der Waals surface area contributed by atoms with Gasteiger partial charge < -0.3 is 16.4 Å². The van der Waals surface area contributed by atoms with Crippen molar-refractivity contribution in [1.82, 2.24) is 5.32 Å². The van der Waals surface area contributed by atoms with E-state index in [9.17, 15) is 9.59 Å². The van der Waals surface area contributed by atoms with E-state index in [2.05, 4.69) is 26.6 Å². The van der Waals surface area contributed by atoms with Crippen molar-refractivity contribution in [2.75, 3.05) is 11.9 Å². The first-order valence-corrected chi connectivity index (χ1v) is 7.68. The van der Waals surface area contributed by atoms with Gasteiger partial charge in [0.05, 0.1) is 12.6 Å². The summed E-state index contributed by atoms with van der Waals surface area (Å²) in [5, 5.41) is 5.32. The van der Waals surface area contributed by atoms with Gasteiger partial charge in [0.15, 0.2) is 0 Å². The van der Waals surface area contributed by atoms with Crippen LogP contribution in [0.4, 0.5) is 5.69 Å². The predicted molar refractivity (Wildman–Crippen MR) is 87.9 cm³/mol. The smallest absolute Gasteiger partial charge is 0.243 e. The number of aryl methyl sites for hydroxylation is 1. The molecule has 1 aromatic carbocycles. The van der Waals surface area contributed by atoms with Gasteiger partial charge in [-0.15, -0.1) is 0 Å². The van der Waals surface area contributed by atoms with Crippen molar-refractivity contribution in [1.29, 1.82) is 0 Å². The van der Waals surface area contributed by atoms with E-state index in [4.69, 9.17) is 5.73 Å². The van der Waals surface area contributed by atoms with Crippen LogP contribution in [0.2, 0.25) is 0 Å². The number of anilines is 1. The van der Waals surface area contributed by atoms with Crippen molar-refractivity contribution in [3.8, 4) is 0 Å². The fourth-order valence-corrected chi connectivity index (χ4v) is 2.20. The Hall–Kier alpha value is -1.40. The molecule has 5 nitrogen and oxygen atoms in total. The van der Waals surface area contributed by atoms with Gasteiger partial charge >= 0.3 is 0 Å². The molecule has 0 aliphatic rings. The average molecular weight is 356 g/mol. The monoisotopic (exact) mass is 355 g/mol. The number of nitrogens with one attached hydrogen (secondary N) is 2. The molecule has 0 spiro atoms. The maximum Gasteiger partial charge on any atom is 0.243 e. The average Bonchev–Trinajstić information content (AvgIpc) is 2.39. The van der Waals surface area contributed by atoms with Gasteiger partial charge in [-0.05, 0) is 37.0 Å². The second kappa shape index (κ2) is 8.14. The first-order chi connectivity index (χ1) is 9.79. The minimum atomic E-state index is -0.578. The lowest BCUT2D eigenvalue weighted by Gasteiger charge is -2.14. The van der Waals surface area contributed by atoms with Crippen molar-refractivity contribution in [3.05, 3.63) is 28.2 Å². The molecule has 6 heteroatoms. The molecule has 21 heavy (non-hydrogen) atoms. The van der Waals surface area contributed by atoms with Gasteiger partial charge in [0.2, 0.25) is 11.8 Å². The first-order valence-electron chi connectivity index (χ1n) is 6.89. The van der Waals surface area contributed by atoms with Gasteiger partial charge in [0.1, 0.15) is 0 Å². The number of carbonyl (C=O) groups excluding carboxylic acids is 2. The highest BCUT2D eigenvalue weighted by atomic mass is 79.9. The van der Waals surface area contributed by atoms with Crippen molar-refractivity contribution in [2.45, 2.75) is 33.2 Å². The highest BCUT2D eigenvalue weighted by Crippen LogP contribution is 2.20. The summed E-state index contributed by atoms with van der Waals surface area (Å²) in [6.07, 6.45) is 0.595. The van der Waals surface area contributed by atoms with E-state index < -0.39 is 6.04 Å². The molecule has 0 aliphatic heterocycles. The van der Waals surface area contributed by atoms with Gasteiger partial charge in [-0.3, -0.25) is 9.59 Å². The van der Waals surface area contributed by atoms with Crippen LogP contribution in [0.25, 0.3) is 0 Å². The molecule has 0 unspecified atom stereocenters. The molecule has 0 fully saturated rings. The fourth-order valence-electron chi connectivity index (χ4n) is 1.84. The summed E-state index contributed by atoms with van der Waals surface area (Å²) in [5.41, 5.74) is 7.42. The number of nitrogens with two attached hydrogens (primary N) is 1. The highest BCUT2D eigenvalue weighted by molar-refractivity contribution is 9.10. The lowest BCUT2D eigenvalue weighted by molar-refractivity contribution is -0.125. The van der Waals surface area contributed by atoms with Crippen molar-refractivity contribution < 1.29 is 9.59 Å². The molecule has 4 N–H and O–H groups in total. The summed E-state index contributed by atoms with van der Waals surface area (Å²) < 4.78 is 0.881. The second-order valence-corrected chi connectivity index (χ2v) is 6.38. The maximum absolute atomic E-state index is 11.8. The topological polar surface area (TPSA) is 84.2 Å². The Morgan fingerprint density at radius 2 is 2.00 bits per heavy atom. The largest absolute Gasteiger partial charge is 0.346 e. The molecule has 1 aromatic rings. The first kappa shape index (κ1) is 17.7. The van der Waals surface area contributed by atoms with Crippen LogP contribution in [0.1, 0.15) is 25.8 Å². The lowest BCUT2D eigenvalue weighted by atomic mass is 10.0. The third-order valence-electron chi connectivity index (χ3n) is 2.96.